The smallest absolute Gasteiger partial charge is 0.312 e. The molecular weight excluding hydrogens is 534 g/mol. The Balaban J connectivity index is 0.000000185. The zero-order valence-corrected chi connectivity index (χ0v) is 26.6. The second-order valence-electron chi connectivity index (χ2n) is 15.3. The van der Waals surface area contributed by atoms with Crippen molar-refractivity contribution in [3.8, 4) is 0 Å². The monoisotopic (exact) mass is 587 g/mol. The number of aliphatic carboxylic acids is 1. The minimum Gasteiger partial charge on any atom is -0.481 e. The topological polar surface area (TPSA) is 66.8 Å². The van der Waals surface area contributed by atoms with Crippen LogP contribution in [-0.2, 0) is 19.7 Å². The molecular formula is C38H53NO4. The van der Waals surface area contributed by atoms with Crippen molar-refractivity contribution < 1.29 is 19.4 Å². The number of esters is 1. The highest BCUT2D eigenvalue weighted by atomic mass is 16.5. The van der Waals surface area contributed by atoms with E-state index in [9.17, 15) is 14.7 Å². The number of carbonyl (C=O) groups excluding carboxylic acids is 1. The third-order valence-electron chi connectivity index (χ3n) is 12.7. The minimum atomic E-state index is -0.531. The van der Waals surface area contributed by atoms with E-state index in [1.54, 1.807) is 0 Å². The summed E-state index contributed by atoms with van der Waals surface area (Å²) in [5.41, 5.74) is 3.62. The van der Waals surface area contributed by atoms with Crippen molar-refractivity contribution in [2.24, 2.45) is 28.6 Å². The van der Waals surface area contributed by atoms with Gasteiger partial charge in [-0.2, -0.15) is 0 Å². The highest BCUT2D eigenvalue weighted by Gasteiger charge is 2.51. The first kappa shape index (κ1) is 30.6. The fraction of sp³-hybridized carbons (Fsp3) is 0.684. The number of nitrogens with zero attached hydrogens (tertiary/aromatic N) is 1. The first-order valence-electron chi connectivity index (χ1n) is 17.2. The second kappa shape index (κ2) is 12.2. The molecule has 5 aliphatic carbocycles. The Kier molecular flexibility index (Phi) is 8.67. The number of carboxylic acids is 1. The lowest BCUT2D eigenvalue weighted by Crippen LogP contribution is -2.50. The number of benzene rings is 1. The molecule has 4 saturated carbocycles. The number of hydrogen-bond acceptors (Lipinski definition) is 4. The number of rotatable bonds is 7. The molecule has 7 rings (SSSR count). The number of carbonyl (C=O) groups is 2. The van der Waals surface area contributed by atoms with Crippen LogP contribution in [0, 0.1) is 28.6 Å². The van der Waals surface area contributed by atoms with E-state index < -0.39 is 11.4 Å². The molecule has 5 atom stereocenters. The van der Waals surface area contributed by atoms with E-state index in [-0.39, 0.29) is 16.8 Å². The van der Waals surface area contributed by atoms with Gasteiger partial charge in [0.05, 0.1) is 17.9 Å². The van der Waals surface area contributed by atoms with Crippen LogP contribution in [0.1, 0.15) is 114 Å². The Morgan fingerprint density at radius 3 is 2.28 bits per heavy atom. The molecule has 1 saturated heterocycles. The van der Waals surface area contributed by atoms with Crippen molar-refractivity contribution in [3.63, 3.8) is 0 Å². The molecule has 0 radical (unpaired) electrons. The van der Waals surface area contributed by atoms with E-state index >= 15 is 0 Å². The summed E-state index contributed by atoms with van der Waals surface area (Å²) in [6.45, 7) is 8.58. The van der Waals surface area contributed by atoms with E-state index in [1.807, 2.05) is 0 Å². The van der Waals surface area contributed by atoms with E-state index in [2.05, 4.69) is 54.8 Å². The summed E-state index contributed by atoms with van der Waals surface area (Å²) in [5, 5.41) is 10.0. The summed E-state index contributed by atoms with van der Waals surface area (Å²) >= 11 is 0. The van der Waals surface area contributed by atoms with Gasteiger partial charge in [0.15, 0.2) is 0 Å². The van der Waals surface area contributed by atoms with Gasteiger partial charge in [0.2, 0.25) is 0 Å². The van der Waals surface area contributed by atoms with Crippen molar-refractivity contribution in [1.82, 2.24) is 4.90 Å². The van der Waals surface area contributed by atoms with Gasteiger partial charge in [0.25, 0.3) is 0 Å². The van der Waals surface area contributed by atoms with Gasteiger partial charge >= 0.3 is 11.9 Å². The Hall–Kier alpha value is -2.40. The Labute approximate surface area is 259 Å². The quantitative estimate of drug-likeness (QED) is 0.257. The van der Waals surface area contributed by atoms with E-state index in [0.29, 0.717) is 17.9 Å². The van der Waals surface area contributed by atoms with E-state index in [4.69, 9.17) is 4.74 Å². The van der Waals surface area contributed by atoms with E-state index in [1.165, 1.54) is 62.3 Å². The average Bonchev–Trinajstić information content (AvgIpc) is 3.67. The van der Waals surface area contributed by atoms with Crippen molar-refractivity contribution in [2.45, 2.75) is 115 Å². The van der Waals surface area contributed by atoms with Crippen LogP contribution in [0.3, 0.4) is 0 Å². The Bertz CT molecular complexity index is 1250. The molecule has 1 aliphatic heterocycles. The highest BCUT2D eigenvalue weighted by molar-refractivity contribution is 5.78. The van der Waals surface area contributed by atoms with Gasteiger partial charge in [0.1, 0.15) is 0 Å². The van der Waals surface area contributed by atoms with Crippen molar-refractivity contribution in [3.05, 3.63) is 53.6 Å². The molecule has 1 aromatic carbocycles. The third kappa shape index (κ3) is 5.76. The van der Waals surface area contributed by atoms with Crippen LogP contribution >= 0.6 is 0 Å². The Morgan fingerprint density at radius 1 is 1.00 bits per heavy atom. The van der Waals surface area contributed by atoms with Gasteiger partial charge in [-0.1, -0.05) is 94.0 Å². The summed E-state index contributed by atoms with van der Waals surface area (Å²) in [7, 11) is 1.51. The number of fused-ring (bicyclic) bond motifs is 2. The number of likely N-dealkylation sites (tertiary alicyclic amines) is 1. The second-order valence-corrected chi connectivity index (χ2v) is 15.3. The summed E-state index contributed by atoms with van der Waals surface area (Å²) in [6, 6.07) is 9.31. The standard InChI is InChI=1S/C25H33NO2.C13H20O2/c1-18-17-26(14-13-25(18)12-9-20-7-2-3-8-22(20)25)21-10-11-24(16-21,23(27)28)15-19-5-4-6-19;1-10-6-7-13(8-10,12(14)15-2)9-11-4-3-5-11/h2-3,7-9,12,18-19,21H,4-6,10-11,13-17H2,1H3,(H,27,28);11H,1,3-9H2,2H3/t18-,21?,24?,25-;/m0./s1. The van der Waals surface area contributed by atoms with Gasteiger partial charge in [-0.3, -0.25) is 14.5 Å². The van der Waals surface area contributed by atoms with Crippen LogP contribution < -0.4 is 0 Å². The highest BCUT2D eigenvalue weighted by Crippen LogP contribution is 2.52. The predicted molar refractivity (Wildman–Crippen MR) is 172 cm³/mol. The first-order chi connectivity index (χ1) is 20.7. The van der Waals surface area contributed by atoms with Crippen molar-refractivity contribution in [1.29, 1.82) is 0 Å². The zero-order chi connectivity index (χ0) is 30.2. The number of hydrogen-bond donors (Lipinski definition) is 1. The molecule has 0 amide bonds. The Morgan fingerprint density at radius 2 is 1.70 bits per heavy atom. The number of piperidine rings is 1. The molecule has 6 aliphatic rings. The minimum absolute atomic E-state index is 0.00644. The lowest BCUT2D eigenvalue weighted by molar-refractivity contribution is -0.154. The normalized spacial score (nSPS) is 35.6. The predicted octanol–water partition coefficient (Wildman–Crippen LogP) is 8.18. The molecule has 5 nitrogen and oxygen atoms in total. The van der Waals surface area contributed by atoms with Gasteiger partial charge in [-0.05, 0) is 93.2 Å². The molecule has 5 heteroatoms. The van der Waals surface area contributed by atoms with Gasteiger partial charge in [-0.25, -0.2) is 0 Å². The maximum absolute atomic E-state index is 12.2. The average molecular weight is 588 g/mol. The molecule has 0 bridgehead atoms. The van der Waals surface area contributed by atoms with Gasteiger partial charge in [0, 0.05) is 18.0 Å². The zero-order valence-electron chi connectivity index (χ0n) is 26.6. The van der Waals surface area contributed by atoms with E-state index in [0.717, 1.165) is 76.8 Å². The maximum atomic E-state index is 12.2. The SMILES string of the molecule is C=C1CCC(CC2CCC2)(C(=O)OC)C1.C[C@H]1CN(C2CCC(CC3CCC3)(C(=O)O)C2)CC[C@@]12C=Cc1ccccc12. The van der Waals surface area contributed by atoms with Crippen molar-refractivity contribution in [2.75, 3.05) is 20.2 Å². The summed E-state index contributed by atoms with van der Waals surface area (Å²) in [6.07, 6.45) is 21.2. The molecule has 43 heavy (non-hydrogen) atoms. The number of carboxylic acid groups (broad SMARTS) is 1. The van der Waals surface area contributed by atoms with Crippen LogP contribution in [0.15, 0.2) is 42.5 Å². The number of methoxy groups -OCH3 is 1. The van der Waals surface area contributed by atoms with Crippen LogP contribution in [-0.4, -0.2) is 48.2 Å². The third-order valence-corrected chi connectivity index (χ3v) is 12.7. The molecule has 1 spiro atoms. The summed E-state index contributed by atoms with van der Waals surface area (Å²) < 4.78 is 4.98. The van der Waals surface area contributed by atoms with Crippen LogP contribution in [0.5, 0.6) is 0 Å². The number of allylic oxidation sites excluding steroid dienone is 2. The summed E-state index contributed by atoms with van der Waals surface area (Å²) in [5.74, 6) is 1.45. The molecule has 0 aromatic heterocycles. The van der Waals surface area contributed by atoms with Crippen LogP contribution in [0.25, 0.3) is 6.08 Å². The van der Waals surface area contributed by atoms with Gasteiger partial charge in [-0.15, -0.1) is 0 Å². The fourth-order valence-corrected chi connectivity index (χ4v) is 9.65. The van der Waals surface area contributed by atoms with Gasteiger partial charge < -0.3 is 9.84 Å². The van der Waals surface area contributed by atoms with Crippen LogP contribution in [0.4, 0.5) is 0 Å². The largest absolute Gasteiger partial charge is 0.481 e. The number of ether oxygens (including phenoxy) is 1. The molecule has 234 valence electrons. The molecule has 5 fully saturated rings. The molecule has 3 unspecified atom stereocenters. The van der Waals surface area contributed by atoms with Crippen LogP contribution in [0.2, 0.25) is 0 Å². The maximum Gasteiger partial charge on any atom is 0.312 e. The molecule has 1 heterocycles. The lowest BCUT2D eigenvalue weighted by Gasteiger charge is -2.46. The molecule has 1 N–H and O–H groups in total. The van der Waals surface area contributed by atoms with Crippen molar-refractivity contribution >= 4 is 18.0 Å². The first-order valence-corrected chi connectivity index (χ1v) is 17.2. The fourth-order valence-electron chi connectivity index (χ4n) is 9.65. The lowest BCUT2D eigenvalue weighted by atomic mass is 9.67. The summed E-state index contributed by atoms with van der Waals surface area (Å²) in [4.78, 5) is 26.7. The molecule has 1 aromatic rings.